The van der Waals surface area contributed by atoms with E-state index in [1.165, 1.54) is 0 Å². The number of thioether (sulfide) groups is 1. The fourth-order valence-electron chi connectivity index (χ4n) is 2.84. The molecule has 0 aromatic rings. The van der Waals surface area contributed by atoms with E-state index in [2.05, 4.69) is 19.9 Å². The van der Waals surface area contributed by atoms with E-state index in [1.807, 2.05) is 30.5 Å². The molecular weight excluding hydrogens is 256 g/mol. The number of hydrogen-bond acceptors (Lipinski definition) is 3. The lowest BCUT2D eigenvalue weighted by molar-refractivity contribution is -0.140. The van der Waals surface area contributed by atoms with Gasteiger partial charge in [-0.1, -0.05) is 26.7 Å². The number of carbonyl (C=O) groups excluding carboxylic acids is 1. The topological polar surface area (TPSA) is 44.1 Å². The van der Waals surface area contributed by atoms with Crippen LogP contribution >= 0.6 is 11.8 Å². The summed E-state index contributed by atoms with van der Waals surface area (Å²) < 4.78 is 0.105. The van der Waals surface area contributed by atoms with Gasteiger partial charge in [0.1, 0.15) is 5.41 Å². The first-order chi connectivity index (χ1) is 8.90. The van der Waals surface area contributed by atoms with Gasteiger partial charge in [-0.3, -0.25) is 4.79 Å². The Morgan fingerprint density at radius 1 is 1.37 bits per heavy atom. The zero-order valence-electron chi connectivity index (χ0n) is 12.7. The molecule has 19 heavy (non-hydrogen) atoms. The number of hydrogen-bond donors (Lipinski definition) is 0. The van der Waals surface area contributed by atoms with Crippen LogP contribution in [0.15, 0.2) is 0 Å². The molecule has 4 heteroatoms. The van der Waals surface area contributed by atoms with Gasteiger partial charge in [-0.2, -0.15) is 17.0 Å². The van der Waals surface area contributed by atoms with Crippen molar-refractivity contribution in [3.05, 3.63) is 0 Å². The molecule has 0 radical (unpaired) electrons. The first kappa shape index (κ1) is 16.4. The van der Waals surface area contributed by atoms with Gasteiger partial charge in [-0.25, -0.2) is 0 Å². The van der Waals surface area contributed by atoms with Gasteiger partial charge in [0.2, 0.25) is 5.91 Å². The Bertz CT molecular complexity index is 354. The molecule has 0 aromatic heterocycles. The number of rotatable bonds is 5. The Balaban J connectivity index is 2.90. The number of carbonyl (C=O) groups is 1. The monoisotopic (exact) mass is 282 g/mol. The highest BCUT2D eigenvalue weighted by Crippen LogP contribution is 2.36. The van der Waals surface area contributed by atoms with Crippen molar-refractivity contribution in [2.24, 2.45) is 5.41 Å². The van der Waals surface area contributed by atoms with Gasteiger partial charge in [-0.05, 0) is 26.7 Å². The van der Waals surface area contributed by atoms with Crippen LogP contribution in [0.1, 0.15) is 53.4 Å². The van der Waals surface area contributed by atoms with Crippen molar-refractivity contribution in [1.82, 2.24) is 4.90 Å². The van der Waals surface area contributed by atoms with Crippen LogP contribution in [0.25, 0.3) is 0 Å². The summed E-state index contributed by atoms with van der Waals surface area (Å²) in [5.74, 6) is 1.03. The highest BCUT2D eigenvalue weighted by atomic mass is 32.2. The third-order valence-electron chi connectivity index (χ3n) is 3.69. The molecule has 0 saturated carbocycles. The van der Waals surface area contributed by atoms with E-state index >= 15 is 0 Å². The maximum atomic E-state index is 12.8. The first-order valence-electron chi connectivity index (χ1n) is 7.25. The molecule has 1 amide bonds. The van der Waals surface area contributed by atoms with Gasteiger partial charge in [-0.15, -0.1) is 0 Å². The molecule has 3 nitrogen and oxygen atoms in total. The highest BCUT2D eigenvalue weighted by Gasteiger charge is 2.42. The summed E-state index contributed by atoms with van der Waals surface area (Å²) in [6.07, 6.45) is 3.12. The summed E-state index contributed by atoms with van der Waals surface area (Å²) in [5, 5.41) is 9.57. The van der Waals surface area contributed by atoms with E-state index in [1.54, 1.807) is 0 Å². The van der Waals surface area contributed by atoms with Gasteiger partial charge in [0, 0.05) is 23.6 Å². The van der Waals surface area contributed by atoms with E-state index < -0.39 is 5.41 Å². The fourth-order valence-corrected chi connectivity index (χ4v) is 3.96. The molecule has 1 heterocycles. The summed E-state index contributed by atoms with van der Waals surface area (Å²) in [6.45, 7) is 9.97. The summed E-state index contributed by atoms with van der Waals surface area (Å²) in [7, 11) is 0. The predicted molar refractivity (Wildman–Crippen MR) is 81.0 cm³/mol. The largest absolute Gasteiger partial charge is 0.339 e. The van der Waals surface area contributed by atoms with Crippen LogP contribution in [-0.2, 0) is 4.79 Å². The lowest BCUT2D eigenvalue weighted by atomic mass is 9.79. The van der Waals surface area contributed by atoms with Crippen LogP contribution < -0.4 is 0 Å². The smallest absolute Gasteiger partial charge is 0.243 e. The second kappa shape index (κ2) is 6.65. The minimum absolute atomic E-state index is 0.0621. The quantitative estimate of drug-likeness (QED) is 0.775. The molecule has 0 aliphatic carbocycles. The molecule has 1 saturated heterocycles. The summed E-state index contributed by atoms with van der Waals surface area (Å²) in [5.41, 5.74) is -0.790. The van der Waals surface area contributed by atoms with Crippen LogP contribution in [0.2, 0.25) is 0 Å². The minimum atomic E-state index is -0.790. The summed E-state index contributed by atoms with van der Waals surface area (Å²) in [4.78, 5) is 14.7. The number of nitrogens with zero attached hydrogens (tertiary/aromatic N) is 2. The van der Waals surface area contributed by atoms with Gasteiger partial charge >= 0.3 is 0 Å². The van der Waals surface area contributed by atoms with E-state index in [0.29, 0.717) is 12.8 Å². The van der Waals surface area contributed by atoms with E-state index in [-0.39, 0.29) is 10.7 Å². The molecule has 0 N–H and O–H groups in total. The van der Waals surface area contributed by atoms with Crippen molar-refractivity contribution in [2.45, 2.75) is 58.1 Å². The lowest BCUT2D eigenvalue weighted by Gasteiger charge is -2.41. The molecule has 108 valence electrons. The molecule has 1 fully saturated rings. The second-order valence-corrected chi connectivity index (χ2v) is 7.83. The Morgan fingerprint density at radius 2 is 1.95 bits per heavy atom. The Hall–Kier alpha value is -0.690. The first-order valence-corrected chi connectivity index (χ1v) is 8.24. The molecule has 1 rings (SSSR count). The third kappa shape index (κ3) is 3.89. The summed E-state index contributed by atoms with van der Waals surface area (Å²) in [6, 6.07) is 2.34. The molecule has 0 bridgehead atoms. The Kier molecular flexibility index (Phi) is 5.73. The van der Waals surface area contributed by atoms with Crippen molar-refractivity contribution in [3.8, 4) is 6.07 Å². The molecule has 0 aromatic carbocycles. The van der Waals surface area contributed by atoms with Crippen LogP contribution in [0.3, 0.4) is 0 Å². The van der Waals surface area contributed by atoms with Crippen molar-refractivity contribution < 1.29 is 4.79 Å². The fraction of sp³-hybridized carbons (Fsp3) is 0.867. The normalized spacial score (nSPS) is 19.0. The zero-order chi connectivity index (χ0) is 14.5. The van der Waals surface area contributed by atoms with Crippen LogP contribution in [0, 0.1) is 16.7 Å². The minimum Gasteiger partial charge on any atom is -0.339 e. The van der Waals surface area contributed by atoms with Crippen molar-refractivity contribution in [2.75, 3.05) is 18.8 Å². The number of amides is 1. The SMILES string of the molecule is CCCC(C#N)(CCC)C(=O)N1CCSC(C)(C)C1. The summed E-state index contributed by atoms with van der Waals surface area (Å²) >= 11 is 1.91. The van der Waals surface area contributed by atoms with Gasteiger partial charge in [0.25, 0.3) is 0 Å². The molecule has 0 atom stereocenters. The molecular formula is C15H26N2OS. The average molecular weight is 282 g/mol. The molecule has 1 aliphatic rings. The zero-order valence-corrected chi connectivity index (χ0v) is 13.5. The van der Waals surface area contributed by atoms with Crippen molar-refractivity contribution >= 4 is 17.7 Å². The van der Waals surface area contributed by atoms with Crippen LogP contribution in [0.4, 0.5) is 0 Å². The molecule has 1 aliphatic heterocycles. The predicted octanol–water partition coefficient (Wildman–Crippen LogP) is 3.45. The average Bonchev–Trinajstić information content (AvgIpc) is 2.36. The van der Waals surface area contributed by atoms with Crippen LogP contribution in [0.5, 0.6) is 0 Å². The highest BCUT2D eigenvalue weighted by molar-refractivity contribution is 8.00. The van der Waals surface area contributed by atoms with Gasteiger partial charge < -0.3 is 4.90 Å². The Morgan fingerprint density at radius 3 is 2.37 bits per heavy atom. The van der Waals surface area contributed by atoms with Gasteiger partial charge in [0.15, 0.2) is 0 Å². The van der Waals surface area contributed by atoms with Crippen LogP contribution in [-0.4, -0.2) is 34.4 Å². The van der Waals surface area contributed by atoms with Crippen molar-refractivity contribution in [3.63, 3.8) is 0 Å². The van der Waals surface area contributed by atoms with Crippen molar-refractivity contribution in [1.29, 1.82) is 5.26 Å². The lowest BCUT2D eigenvalue weighted by Crippen LogP contribution is -2.51. The standard InChI is InChI=1S/C15H26N2OS/c1-5-7-15(11-16,8-6-2)13(18)17-9-10-19-14(3,4)12-17/h5-10,12H2,1-4H3. The maximum absolute atomic E-state index is 12.8. The molecule has 0 unspecified atom stereocenters. The maximum Gasteiger partial charge on any atom is 0.243 e. The third-order valence-corrected chi connectivity index (χ3v) is 4.99. The Labute approximate surface area is 121 Å². The number of nitriles is 1. The molecule has 0 spiro atoms. The van der Waals surface area contributed by atoms with E-state index in [0.717, 1.165) is 31.7 Å². The van der Waals surface area contributed by atoms with E-state index in [9.17, 15) is 10.1 Å². The van der Waals surface area contributed by atoms with Gasteiger partial charge in [0.05, 0.1) is 6.07 Å². The van der Waals surface area contributed by atoms with E-state index in [4.69, 9.17) is 0 Å². The second-order valence-electron chi connectivity index (χ2n) is 6.03.